The zero-order valence-corrected chi connectivity index (χ0v) is 8.72. The predicted octanol–water partition coefficient (Wildman–Crippen LogP) is 2.49. The number of aromatic nitrogens is 3. The van der Waals surface area contributed by atoms with E-state index in [-0.39, 0.29) is 11.0 Å². The molecule has 16 heavy (non-hydrogen) atoms. The Balaban J connectivity index is 2.59. The number of anilines is 1. The summed E-state index contributed by atoms with van der Waals surface area (Å²) in [5, 5.41) is 8.17. The number of benzene rings is 1. The number of nitrogens with zero attached hydrogens (tertiary/aromatic N) is 2. The largest absolute Gasteiger partial charge is 0.382 e. The number of H-pyrrole nitrogens is 1. The molecule has 0 saturated heterocycles. The molecule has 6 heteroatoms. The summed E-state index contributed by atoms with van der Waals surface area (Å²) in [6, 6.07) is 4.29. The van der Waals surface area contributed by atoms with Crippen LogP contribution < -0.4 is 5.73 Å². The average Bonchev–Trinajstić information content (AvgIpc) is 2.61. The van der Waals surface area contributed by atoms with E-state index in [4.69, 9.17) is 17.3 Å². The number of nitrogens with two attached hydrogens (primary N) is 1. The van der Waals surface area contributed by atoms with Crippen molar-refractivity contribution in [1.82, 2.24) is 15.2 Å². The van der Waals surface area contributed by atoms with E-state index in [9.17, 15) is 4.39 Å². The summed E-state index contributed by atoms with van der Waals surface area (Å²) in [6.45, 7) is 0. The van der Waals surface area contributed by atoms with Gasteiger partial charge < -0.3 is 5.73 Å². The van der Waals surface area contributed by atoms with Crippen LogP contribution >= 0.6 is 11.6 Å². The molecule has 0 amide bonds. The van der Waals surface area contributed by atoms with Crippen LogP contribution in [0, 0.1) is 5.82 Å². The second kappa shape index (κ2) is 3.05. The maximum absolute atomic E-state index is 13.0. The molecule has 3 N–H and O–H groups in total. The highest BCUT2D eigenvalue weighted by Crippen LogP contribution is 2.31. The zero-order chi connectivity index (χ0) is 11.3. The van der Waals surface area contributed by atoms with Crippen molar-refractivity contribution in [3.8, 4) is 0 Å². The summed E-state index contributed by atoms with van der Waals surface area (Å²) in [5.74, 6) is -0.0679. The van der Waals surface area contributed by atoms with Crippen LogP contribution in [-0.4, -0.2) is 15.2 Å². The van der Waals surface area contributed by atoms with Gasteiger partial charge in [0, 0.05) is 11.5 Å². The number of hydrogen-bond acceptors (Lipinski definition) is 3. The lowest BCUT2D eigenvalue weighted by molar-refractivity contribution is 0.629. The van der Waals surface area contributed by atoms with E-state index >= 15 is 0 Å². The standard InChI is InChI=1S/C10H6ClFN4/c11-9-7-8(15-16-10(7)13)5-2-1-4(12)3-6(5)14-9/h1-3H,(H3,13,15,16). The monoisotopic (exact) mass is 236 g/mol. The van der Waals surface area contributed by atoms with Crippen LogP contribution in [0.15, 0.2) is 18.2 Å². The first-order chi connectivity index (χ1) is 7.66. The molecular formula is C10H6ClFN4. The van der Waals surface area contributed by atoms with Crippen molar-refractivity contribution in [2.45, 2.75) is 0 Å². The van der Waals surface area contributed by atoms with Crippen molar-refractivity contribution in [3.05, 3.63) is 29.2 Å². The molecule has 1 aromatic carbocycles. The van der Waals surface area contributed by atoms with Crippen molar-refractivity contribution in [2.75, 3.05) is 5.73 Å². The van der Waals surface area contributed by atoms with Gasteiger partial charge in [-0.15, -0.1) is 0 Å². The van der Waals surface area contributed by atoms with E-state index < -0.39 is 0 Å². The lowest BCUT2D eigenvalue weighted by atomic mass is 10.1. The zero-order valence-electron chi connectivity index (χ0n) is 7.96. The van der Waals surface area contributed by atoms with E-state index in [0.717, 1.165) is 5.39 Å². The van der Waals surface area contributed by atoms with Gasteiger partial charge in [0.05, 0.1) is 16.4 Å². The molecule has 80 valence electrons. The Hall–Kier alpha value is -1.88. The van der Waals surface area contributed by atoms with Crippen LogP contribution in [0.4, 0.5) is 10.2 Å². The van der Waals surface area contributed by atoms with Crippen LogP contribution in [-0.2, 0) is 0 Å². The quantitative estimate of drug-likeness (QED) is 0.589. The topological polar surface area (TPSA) is 67.6 Å². The summed E-state index contributed by atoms with van der Waals surface area (Å²) in [7, 11) is 0. The number of nitrogens with one attached hydrogen (secondary N) is 1. The molecule has 2 aromatic heterocycles. The number of rotatable bonds is 0. The smallest absolute Gasteiger partial charge is 0.156 e. The minimum absolute atomic E-state index is 0.222. The molecule has 0 fully saturated rings. The van der Waals surface area contributed by atoms with Crippen molar-refractivity contribution in [1.29, 1.82) is 0 Å². The van der Waals surface area contributed by atoms with Crippen LogP contribution in [0.5, 0.6) is 0 Å². The van der Waals surface area contributed by atoms with Crippen LogP contribution in [0.2, 0.25) is 5.15 Å². The number of aromatic amines is 1. The summed E-state index contributed by atoms with van der Waals surface area (Å²) in [4.78, 5) is 4.08. The first kappa shape index (κ1) is 9.35. The molecule has 0 aliphatic heterocycles. The minimum atomic E-state index is -0.358. The fraction of sp³-hybridized carbons (Fsp3) is 0. The normalized spacial score (nSPS) is 11.4. The Labute approximate surface area is 94.2 Å². The SMILES string of the molecule is Nc1n[nH]c2c1c(Cl)nc1cc(F)ccc12. The number of pyridine rings is 1. The number of nitrogen functional groups attached to an aromatic ring is 1. The first-order valence-corrected chi connectivity index (χ1v) is 4.93. The van der Waals surface area contributed by atoms with Gasteiger partial charge >= 0.3 is 0 Å². The fourth-order valence-electron chi connectivity index (χ4n) is 1.73. The Bertz CT molecular complexity index is 707. The summed E-state index contributed by atoms with van der Waals surface area (Å²) < 4.78 is 13.0. The predicted molar refractivity (Wildman–Crippen MR) is 60.8 cm³/mol. The van der Waals surface area contributed by atoms with Gasteiger partial charge in [0.2, 0.25) is 0 Å². The molecule has 0 atom stereocenters. The Kier molecular flexibility index (Phi) is 1.79. The van der Waals surface area contributed by atoms with E-state index in [0.29, 0.717) is 22.2 Å². The Morgan fingerprint density at radius 3 is 3.00 bits per heavy atom. The molecule has 0 aliphatic rings. The van der Waals surface area contributed by atoms with Gasteiger partial charge in [-0.1, -0.05) is 11.6 Å². The van der Waals surface area contributed by atoms with Crippen molar-refractivity contribution >= 4 is 39.2 Å². The molecule has 2 heterocycles. The van der Waals surface area contributed by atoms with Gasteiger partial charge in [-0.3, -0.25) is 5.10 Å². The lowest BCUT2D eigenvalue weighted by Crippen LogP contribution is -1.87. The summed E-state index contributed by atoms with van der Waals surface area (Å²) in [5.41, 5.74) is 6.80. The number of hydrogen-bond donors (Lipinski definition) is 2. The average molecular weight is 237 g/mol. The first-order valence-electron chi connectivity index (χ1n) is 4.55. The third-order valence-electron chi connectivity index (χ3n) is 2.45. The van der Waals surface area contributed by atoms with Crippen molar-refractivity contribution < 1.29 is 4.39 Å². The molecule has 0 bridgehead atoms. The van der Waals surface area contributed by atoms with E-state index in [1.807, 2.05) is 0 Å². The molecule has 0 spiro atoms. The fourth-order valence-corrected chi connectivity index (χ4v) is 2.01. The lowest BCUT2D eigenvalue weighted by Gasteiger charge is -2.00. The highest BCUT2D eigenvalue weighted by Gasteiger charge is 2.12. The second-order valence-corrected chi connectivity index (χ2v) is 3.78. The molecule has 0 aliphatic carbocycles. The van der Waals surface area contributed by atoms with Crippen molar-refractivity contribution in [2.24, 2.45) is 0 Å². The maximum Gasteiger partial charge on any atom is 0.156 e. The Morgan fingerprint density at radius 2 is 2.19 bits per heavy atom. The van der Waals surface area contributed by atoms with E-state index in [2.05, 4.69) is 15.2 Å². The third-order valence-corrected chi connectivity index (χ3v) is 2.72. The molecule has 3 rings (SSSR count). The van der Waals surface area contributed by atoms with Crippen LogP contribution in [0.25, 0.3) is 21.8 Å². The maximum atomic E-state index is 13.0. The highest BCUT2D eigenvalue weighted by molar-refractivity contribution is 6.36. The van der Waals surface area contributed by atoms with Crippen LogP contribution in [0.3, 0.4) is 0 Å². The number of halogens is 2. The number of fused-ring (bicyclic) bond motifs is 3. The third kappa shape index (κ3) is 1.15. The molecule has 3 aromatic rings. The summed E-state index contributed by atoms with van der Waals surface area (Å²) in [6.07, 6.45) is 0. The summed E-state index contributed by atoms with van der Waals surface area (Å²) >= 11 is 5.96. The van der Waals surface area contributed by atoms with Gasteiger partial charge in [-0.05, 0) is 12.1 Å². The Morgan fingerprint density at radius 1 is 1.38 bits per heavy atom. The molecule has 0 unspecified atom stereocenters. The second-order valence-electron chi connectivity index (χ2n) is 3.42. The molecule has 0 saturated carbocycles. The minimum Gasteiger partial charge on any atom is -0.382 e. The highest BCUT2D eigenvalue weighted by atomic mass is 35.5. The van der Waals surface area contributed by atoms with Gasteiger partial charge in [0.25, 0.3) is 0 Å². The van der Waals surface area contributed by atoms with E-state index in [1.165, 1.54) is 12.1 Å². The molecule has 4 nitrogen and oxygen atoms in total. The van der Waals surface area contributed by atoms with Crippen LogP contribution in [0.1, 0.15) is 0 Å². The van der Waals surface area contributed by atoms with E-state index in [1.54, 1.807) is 6.07 Å². The van der Waals surface area contributed by atoms with Gasteiger partial charge in [0.1, 0.15) is 11.0 Å². The van der Waals surface area contributed by atoms with Crippen molar-refractivity contribution in [3.63, 3.8) is 0 Å². The molecule has 0 radical (unpaired) electrons. The van der Waals surface area contributed by atoms with Gasteiger partial charge in [-0.25, -0.2) is 9.37 Å². The van der Waals surface area contributed by atoms with Gasteiger partial charge in [-0.2, -0.15) is 5.10 Å². The van der Waals surface area contributed by atoms with Gasteiger partial charge in [0.15, 0.2) is 5.82 Å². The molecular weight excluding hydrogens is 231 g/mol.